The third kappa shape index (κ3) is 5.49. The molecule has 0 aliphatic heterocycles. The van der Waals surface area contributed by atoms with Crippen LogP contribution in [0.15, 0.2) is 78.2 Å². The molecule has 2 aromatic carbocycles. The number of benzene rings is 2. The first kappa shape index (κ1) is 24.3. The van der Waals surface area contributed by atoms with E-state index in [4.69, 9.17) is 0 Å². The highest BCUT2D eigenvalue weighted by atomic mass is 32.2. The Labute approximate surface area is 209 Å². The maximum absolute atomic E-state index is 13.2. The zero-order valence-electron chi connectivity index (χ0n) is 20.1. The highest BCUT2D eigenvalue weighted by molar-refractivity contribution is 8.00. The van der Waals surface area contributed by atoms with Crippen molar-refractivity contribution in [2.45, 2.75) is 38.1 Å². The molecule has 0 saturated heterocycles. The Morgan fingerprint density at radius 2 is 1.69 bits per heavy atom. The molecule has 0 spiro atoms. The minimum Gasteiger partial charge on any atom is -0.326 e. The lowest BCUT2D eigenvalue weighted by atomic mass is 10.1. The number of ketones is 1. The molecule has 0 radical (unpaired) electrons. The van der Waals surface area contributed by atoms with Gasteiger partial charge in [-0.2, -0.15) is 0 Å². The Morgan fingerprint density at radius 1 is 0.943 bits per heavy atom. The van der Waals surface area contributed by atoms with Crippen LogP contribution >= 0.6 is 11.8 Å². The van der Waals surface area contributed by atoms with Gasteiger partial charge in [-0.3, -0.25) is 19.1 Å². The maximum Gasteiger partial charge on any atom is 0.226 e. The van der Waals surface area contributed by atoms with Gasteiger partial charge in [-0.25, -0.2) is 0 Å². The Hall–Kier alpha value is -3.78. The number of aromatic nitrogens is 4. The summed E-state index contributed by atoms with van der Waals surface area (Å²) < 4.78 is 1.98. The van der Waals surface area contributed by atoms with Crippen molar-refractivity contribution in [2.75, 3.05) is 5.32 Å². The first-order valence-electron chi connectivity index (χ1n) is 11.4. The molecule has 4 rings (SSSR count). The number of amides is 1. The van der Waals surface area contributed by atoms with E-state index < -0.39 is 5.25 Å². The molecule has 1 N–H and O–H groups in total. The summed E-state index contributed by atoms with van der Waals surface area (Å²) in [6, 6.07) is 18.8. The van der Waals surface area contributed by atoms with Gasteiger partial charge < -0.3 is 5.32 Å². The topological polar surface area (TPSA) is 89.8 Å². The molecule has 0 saturated carbocycles. The standard InChI is InChI=1S/C27H27N5O2S/c1-17(2)26(34)29-22-13-11-20(12-14-22)24(33)19(4)35-27-31-30-25(21-9-7-15-28-16-21)32(27)23-10-6-5-8-18(23)3/h5-17,19H,1-4H3,(H,29,34)/t19-/m1/s1. The number of nitrogens with zero attached hydrogens (tertiary/aromatic N) is 4. The Kier molecular flexibility index (Phi) is 7.41. The molecule has 0 fully saturated rings. The minimum atomic E-state index is -0.403. The highest BCUT2D eigenvalue weighted by Crippen LogP contribution is 2.32. The first-order valence-corrected chi connectivity index (χ1v) is 12.3. The summed E-state index contributed by atoms with van der Waals surface area (Å²) in [6.07, 6.45) is 3.47. The van der Waals surface area contributed by atoms with Crippen LogP contribution in [0, 0.1) is 12.8 Å². The van der Waals surface area contributed by atoms with Crippen LogP contribution in [-0.2, 0) is 4.79 Å². The zero-order valence-corrected chi connectivity index (χ0v) is 20.9. The second-order valence-corrected chi connectivity index (χ2v) is 9.82. The van der Waals surface area contributed by atoms with Gasteiger partial charge in [0.25, 0.3) is 0 Å². The molecular formula is C27H27N5O2S. The highest BCUT2D eigenvalue weighted by Gasteiger charge is 2.23. The third-order valence-corrected chi connectivity index (χ3v) is 6.56. The number of rotatable bonds is 8. The lowest BCUT2D eigenvalue weighted by molar-refractivity contribution is -0.118. The molecular weight excluding hydrogens is 458 g/mol. The van der Waals surface area contributed by atoms with Gasteiger partial charge in [-0.15, -0.1) is 10.2 Å². The summed E-state index contributed by atoms with van der Waals surface area (Å²) in [6.45, 7) is 7.57. The van der Waals surface area contributed by atoms with Crippen molar-refractivity contribution in [3.8, 4) is 17.1 Å². The first-order chi connectivity index (χ1) is 16.8. The van der Waals surface area contributed by atoms with E-state index in [0.717, 1.165) is 16.8 Å². The van der Waals surface area contributed by atoms with E-state index >= 15 is 0 Å². The van der Waals surface area contributed by atoms with Crippen molar-refractivity contribution in [2.24, 2.45) is 5.92 Å². The predicted octanol–water partition coefficient (Wildman–Crippen LogP) is 5.60. The summed E-state index contributed by atoms with van der Waals surface area (Å²) in [5, 5.41) is 11.9. The molecule has 7 nitrogen and oxygen atoms in total. The van der Waals surface area contributed by atoms with E-state index in [-0.39, 0.29) is 17.6 Å². The molecule has 4 aromatic rings. The number of Topliss-reactive ketones (excluding diaryl/α,β-unsaturated/α-hetero) is 1. The van der Waals surface area contributed by atoms with Crippen LogP contribution < -0.4 is 5.32 Å². The average molecular weight is 486 g/mol. The van der Waals surface area contributed by atoms with Crippen LogP contribution in [-0.4, -0.2) is 36.7 Å². The minimum absolute atomic E-state index is 0.0287. The molecule has 1 atom stereocenters. The van der Waals surface area contributed by atoms with E-state index in [1.54, 1.807) is 36.7 Å². The van der Waals surface area contributed by atoms with Gasteiger partial charge in [0.05, 0.1) is 10.9 Å². The summed E-state index contributed by atoms with van der Waals surface area (Å²) in [5.41, 5.74) is 4.09. The SMILES string of the molecule is Cc1ccccc1-n1c(S[C@H](C)C(=O)c2ccc(NC(=O)C(C)C)cc2)nnc1-c1cccnc1. The van der Waals surface area contributed by atoms with Crippen LogP contribution in [0.1, 0.15) is 36.7 Å². The lowest BCUT2D eigenvalue weighted by Crippen LogP contribution is -2.18. The van der Waals surface area contributed by atoms with E-state index in [1.165, 1.54) is 11.8 Å². The zero-order chi connectivity index (χ0) is 24.9. The average Bonchev–Trinajstić information content (AvgIpc) is 3.28. The third-order valence-electron chi connectivity index (χ3n) is 5.52. The largest absolute Gasteiger partial charge is 0.326 e. The predicted molar refractivity (Wildman–Crippen MR) is 139 cm³/mol. The van der Waals surface area contributed by atoms with Gasteiger partial charge in [0, 0.05) is 35.1 Å². The van der Waals surface area contributed by atoms with Crippen molar-refractivity contribution < 1.29 is 9.59 Å². The van der Waals surface area contributed by atoms with Crippen molar-refractivity contribution in [3.05, 3.63) is 84.2 Å². The smallest absolute Gasteiger partial charge is 0.226 e. The van der Waals surface area contributed by atoms with Crippen molar-refractivity contribution >= 4 is 29.1 Å². The monoisotopic (exact) mass is 485 g/mol. The number of anilines is 1. The van der Waals surface area contributed by atoms with Crippen molar-refractivity contribution in [3.63, 3.8) is 0 Å². The van der Waals surface area contributed by atoms with E-state index in [9.17, 15) is 9.59 Å². The van der Waals surface area contributed by atoms with Crippen LogP contribution in [0.2, 0.25) is 0 Å². The summed E-state index contributed by atoms with van der Waals surface area (Å²) in [7, 11) is 0. The number of para-hydroxylation sites is 1. The quantitative estimate of drug-likeness (QED) is 0.258. The maximum atomic E-state index is 13.2. The summed E-state index contributed by atoms with van der Waals surface area (Å²) in [5.74, 6) is 0.460. The molecule has 178 valence electrons. The Bertz CT molecular complexity index is 1330. The number of hydrogen-bond acceptors (Lipinski definition) is 6. The number of thioether (sulfide) groups is 1. The van der Waals surface area contributed by atoms with Gasteiger partial charge in [0.2, 0.25) is 5.91 Å². The van der Waals surface area contributed by atoms with Crippen LogP contribution in [0.25, 0.3) is 17.1 Å². The Balaban J connectivity index is 1.60. The van der Waals surface area contributed by atoms with Gasteiger partial charge in [0.1, 0.15) is 0 Å². The molecule has 0 unspecified atom stereocenters. The number of hydrogen-bond donors (Lipinski definition) is 1. The number of carbonyl (C=O) groups is 2. The fourth-order valence-corrected chi connectivity index (χ4v) is 4.45. The van der Waals surface area contributed by atoms with E-state index in [1.807, 2.05) is 68.7 Å². The molecule has 8 heteroatoms. The van der Waals surface area contributed by atoms with Crippen molar-refractivity contribution in [1.82, 2.24) is 19.7 Å². The molecule has 2 aromatic heterocycles. The molecule has 35 heavy (non-hydrogen) atoms. The van der Waals surface area contributed by atoms with Gasteiger partial charge >= 0.3 is 0 Å². The fourth-order valence-electron chi connectivity index (χ4n) is 3.51. The molecule has 2 heterocycles. The van der Waals surface area contributed by atoms with Crippen LogP contribution in [0.5, 0.6) is 0 Å². The summed E-state index contributed by atoms with van der Waals surface area (Å²) >= 11 is 1.36. The second-order valence-electron chi connectivity index (χ2n) is 8.52. The molecule has 0 aliphatic rings. The fraction of sp³-hybridized carbons (Fsp3) is 0.222. The van der Waals surface area contributed by atoms with Crippen LogP contribution in [0.3, 0.4) is 0 Å². The number of carbonyl (C=O) groups excluding carboxylic acids is 2. The molecule has 0 bridgehead atoms. The van der Waals surface area contributed by atoms with Gasteiger partial charge in [-0.05, 0) is 61.9 Å². The normalized spacial score (nSPS) is 11.9. The number of nitrogens with one attached hydrogen (secondary N) is 1. The van der Waals surface area contributed by atoms with Gasteiger partial charge in [0.15, 0.2) is 16.8 Å². The van der Waals surface area contributed by atoms with Gasteiger partial charge in [-0.1, -0.05) is 43.8 Å². The van der Waals surface area contributed by atoms with Crippen LogP contribution in [0.4, 0.5) is 5.69 Å². The number of aryl methyl sites for hydroxylation is 1. The van der Waals surface area contributed by atoms with Crippen molar-refractivity contribution in [1.29, 1.82) is 0 Å². The molecule has 1 amide bonds. The number of pyridine rings is 1. The van der Waals surface area contributed by atoms with E-state index in [0.29, 0.717) is 22.2 Å². The summed E-state index contributed by atoms with van der Waals surface area (Å²) in [4.78, 5) is 29.3. The lowest BCUT2D eigenvalue weighted by Gasteiger charge is -2.15. The molecule has 0 aliphatic carbocycles. The Morgan fingerprint density at radius 3 is 2.34 bits per heavy atom. The second kappa shape index (κ2) is 10.7. The van der Waals surface area contributed by atoms with E-state index in [2.05, 4.69) is 20.5 Å².